The maximum Gasteiger partial charge on any atom is 0.336 e. The summed E-state index contributed by atoms with van der Waals surface area (Å²) >= 11 is 5.29. The molecule has 1 aliphatic carbocycles. The Morgan fingerprint density at radius 3 is 2.36 bits per heavy atom. The Morgan fingerprint density at radius 2 is 1.66 bits per heavy atom. The molecule has 1 heterocycles. The van der Waals surface area contributed by atoms with E-state index in [1.807, 2.05) is 0 Å². The van der Waals surface area contributed by atoms with Crippen LogP contribution in [0.25, 0.3) is 33.4 Å². The van der Waals surface area contributed by atoms with Gasteiger partial charge in [0, 0.05) is 53.7 Å². The number of carboxylic acid groups (broad SMARTS) is 2. The molecule has 1 atom stereocenters. The number of primary amides is 1. The zero-order valence-corrected chi connectivity index (χ0v) is 25.3. The molecule has 15 nitrogen and oxygen atoms in total. The third-order valence-electron chi connectivity index (χ3n) is 6.84. The Labute approximate surface area is 271 Å². The highest BCUT2D eigenvalue weighted by atomic mass is 32.1. The molecule has 0 aromatic heterocycles. The first-order chi connectivity index (χ1) is 22.3. The number of aromatic hydroxyl groups is 1. The number of phenolic OH excluding ortho intramolecular Hbond substituents is 1. The van der Waals surface area contributed by atoms with Crippen LogP contribution in [0.2, 0.25) is 0 Å². The van der Waals surface area contributed by atoms with Crippen LogP contribution in [0, 0.1) is 0 Å². The van der Waals surface area contributed by atoms with E-state index in [-0.39, 0.29) is 59.0 Å². The van der Waals surface area contributed by atoms with Gasteiger partial charge in [0.15, 0.2) is 10.5 Å². The number of aromatic carboxylic acids is 1. The summed E-state index contributed by atoms with van der Waals surface area (Å²) in [4.78, 5) is 71.1. The molecule has 0 fully saturated rings. The van der Waals surface area contributed by atoms with E-state index in [0.717, 1.165) is 0 Å². The lowest BCUT2D eigenvalue weighted by Crippen LogP contribution is -2.48. The monoisotopic (exact) mass is 663 g/mol. The number of aliphatic carboxylic acids is 1. The lowest BCUT2D eigenvalue weighted by atomic mass is 9.90. The van der Waals surface area contributed by atoms with Crippen molar-refractivity contribution in [2.24, 2.45) is 5.73 Å². The molecule has 16 heteroatoms. The van der Waals surface area contributed by atoms with Gasteiger partial charge in [-0.3, -0.25) is 24.0 Å². The van der Waals surface area contributed by atoms with E-state index in [1.54, 1.807) is 18.2 Å². The first kappa shape index (κ1) is 33.9. The Hall–Kier alpha value is -6.03. The molecule has 244 valence electrons. The van der Waals surface area contributed by atoms with Crippen molar-refractivity contribution < 1.29 is 43.7 Å². The molecule has 0 radical (unpaired) electrons. The average Bonchev–Trinajstić information content (AvgIpc) is 3.00. The van der Waals surface area contributed by atoms with Crippen LogP contribution in [0.1, 0.15) is 29.6 Å². The standard InChI is InChI=1S/C31H29N5O10S/c32-25(39)8-7-22(29(43)34-14-27(41)42)36-26(40)9-10-33-31(47)35-15-1-4-18(21(11-15)30(44)45)28-19-5-2-16(37)12-23(19)46-24-13-17(38)3-6-20(24)28/h1-6,11-13,22,37H,7-10,14H2,(H2,32,39)(H,34,43)(H,36,40)(H,41,42)(H,44,45)(H2,33,35,47). The average molecular weight is 664 g/mol. The van der Waals surface area contributed by atoms with Crippen molar-refractivity contribution in [3.8, 4) is 28.2 Å². The summed E-state index contributed by atoms with van der Waals surface area (Å²) in [5.74, 6) is -4.49. The van der Waals surface area contributed by atoms with Crippen molar-refractivity contribution in [2.75, 3.05) is 18.4 Å². The van der Waals surface area contributed by atoms with Crippen molar-refractivity contribution >= 4 is 63.6 Å². The molecular formula is C31H29N5O10S. The van der Waals surface area contributed by atoms with Crippen LogP contribution in [0.15, 0.2) is 63.8 Å². The van der Waals surface area contributed by atoms with Crippen LogP contribution in [0.3, 0.4) is 0 Å². The zero-order chi connectivity index (χ0) is 34.2. The van der Waals surface area contributed by atoms with Crippen LogP contribution in [-0.4, -0.2) is 69.2 Å². The number of benzene rings is 3. The smallest absolute Gasteiger partial charge is 0.336 e. The van der Waals surface area contributed by atoms with Gasteiger partial charge in [0.2, 0.25) is 17.7 Å². The van der Waals surface area contributed by atoms with E-state index in [0.29, 0.717) is 27.8 Å². The minimum atomic E-state index is -1.29. The Balaban J connectivity index is 1.47. The lowest BCUT2D eigenvalue weighted by molar-refractivity contribution is -0.138. The molecule has 0 saturated heterocycles. The minimum Gasteiger partial charge on any atom is -0.508 e. The summed E-state index contributed by atoms with van der Waals surface area (Å²) in [5.41, 5.74) is 6.53. The van der Waals surface area contributed by atoms with Gasteiger partial charge >= 0.3 is 11.9 Å². The SMILES string of the molecule is NC(=O)CCC(NC(=O)CCNC(=S)Nc1ccc(-c2c3ccc(=O)cc-3oc3cc(O)ccc23)c(C(=O)O)c1)C(=O)NCC(=O)O. The number of rotatable bonds is 13. The molecule has 2 aromatic rings. The van der Waals surface area contributed by atoms with Gasteiger partial charge in [-0.05, 0) is 60.6 Å². The van der Waals surface area contributed by atoms with Crippen LogP contribution in [0.4, 0.5) is 5.69 Å². The summed E-state index contributed by atoms with van der Waals surface area (Å²) in [6.07, 6.45) is -0.515. The molecule has 1 aliphatic heterocycles. The third kappa shape index (κ3) is 8.79. The topological polar surface area (TPSA) is 250 Å². The fraction of sp³-hybridized carbons (Fsp3) is 0.194. The Morgan fingerprint density at radius 1 is 0.915 bits per heavy atom. The van der Waals surface area contributed by atoms with E-state index in [1.165, 1.54) is 36.4 Å². The van der Waals surface area contributed by atoms with Gasteiger partial charge < -0.3 is 46.7 Å². The second-order valence-electron chi connectivity index (χ2n) is 10.2. The number of hydrogen-bond donors (Lipinski definition) is 8. The molecule has 0 spiro atoms. The molecular weight excluding hydrogens is 634 g/mol. The minimum absolute atomic E-state index is 0.000857. The number of carbonyl (C=O) groups is 5. The number of hydrogen-bond acceptors (Lipinski definition) is 9. The molecule has 0 saturated carbocycles. The number of carboxylic acids is 2. The highest BCUT2D eigenvalue weighted by molar-refractivity contribution is 7.80. The van der Waals surface area contributed by atoms with Gasteiger partial charge in [0.05, 0.1) is 5.56 Å². The molecule has 0 bridgehead atoms. The molecule has 47 heavy (non-hydrogen) atoms. The second kappa shape index (κ2) is 14.8. The summed E-state index contributed by atoms with van der Waals surface area (Å²) in [5, 5.41) is 39.7. The first-order valence-electron chi connectivity index (χ1n) is 14.0. The van der Waals surface area contributed by atoms with Crippen LogP contribution >= 0.6 is 12.2 Å². The molecule has 3 amide bonds. The lowest BCUT2D eigenvalue weighted by Gasteiger charge is -2.18. The zero-order valence-electron chi connectivity index (χ0n) is 24.5. The quantitative estimate of drug-likeness (QED) is 0.0748. The number of carbonyl (C=O) groups excluding carboxylic acids is 3. The molecule has 1 unspecified atom stereocenters. The maximum absolute atomic E-state index is 12.5. The number of amides is 3. The predicted molar refractivity (Wildman–Crippen MR) is 173 cm³/mol. The van der Waals surface area contributed by atoms with Crippen molar-refractivity contribution in [1.82, 2.24) is 16.0 Å². The van der Waals surface area contributed by atoms with Gasteiger partial charge in [0.25, 0.3) is 0 Å². The van der Waals surface area contributed by atoms with Crippen LogP contribution in [0.5, 0.6) is 5.75 Å². The van der Waals surface area contributed by atoms with Crippen molar-refractivity contribution in [1.29, 1.82) is 0 Å². The summed E-state index contributed by atoms with van der Waals surface area (Å²) in [6.45, 7) is -0.671. The van der Waals surface area contributed by atoms with Gasteiger partial charge in [-0.25, -0.2) is 4.79 Å². The first-order valence-corrected chi connectivity index (χ1v) is 14.4. The fourth-order valence-electron chi connectivity index (χ4n) is 4.74. The largest absolute Gasteiger partial charge is 0.508 e. The number of phenols is 1. The molecule has 2 aromatic carbocycles. The third-order valence-corrected chi connectivity index (χ3v) is 7.08. The normalized spacial score (nSPS) is 11.4. The molecule has 2 aliphatic rings. The van der Waals surface area contributed by atoms with E-state index >= 15 is 0 Å². The number of thiocarbonyl (C=S) groups is 1. The van der Waals surface area contributed by atoms with E-state index in [9.17, 15) is 39.0 Å². The van der Waals surface area contributed by atoms with Crippen molar-refractivity contribution in [3.05, 3.63) is 70.4 Å². The van der Waals surface area contributed by atoms with Crippen LogP contribution in [-0.2, 0) is 19.2 Å². The maximum atomic E-state index is 12.5. The van der Waals surface area contributed by atoms with Gasteiger partial charge in [-0.15, -0.1) is 0 Å². The Kier molecular flexibility index (Phi) is 10.7. The summed E-state index contributed by atoms with van der Waals surface area (Å²) < 4.78 is 5.84. The van der Waals surface area contributed by atoms with Crippen molar-refractivity contribution in [2.45, 2.75) is 25.3 Å². The highest BCUT2D eigenvalue weighted by Crippen LogP contribution is 2.42. The number of nitrogens with two attached hydrogens (primary N) is 1. The van der Waals surface area contributed by atoms with Gasteiger partial charge in [0.1, 0.15) is 29.7 Å². The highest BCUT2D eigenvalue weighted by Gasteiger charge is 2.23. The summed E-state index contributed by atoms with van der Waals surface area (Å²) in [7, 11) is 0. The number of fused-ring (bicyclic) bond motifs is 2. The van der Waals surface area contributed by atoms with Crippen LogP contribution < -0.4 is 32.4 Å². The number of anilines is 1. The molecule has 9 N–H and O–H groups in total. The molecule has 4 rings (SSSR count). The second-order valence-corrected chi connectivity index (χ2v) is 10.7. The van der Waals surface area contributed by atoms with E-state index in [2.05, 4.69) is 21.3 Å². The van der Waals surface area contributed by atoms with Gasteiger partial charge in [-0.1, -0.05) is 6.07 Å². The fourth-order valence-corrected chi connectivity index (χ4v) is 4.96. The Bertz CT molecular complexity index is 1920. The predicted octanol–water partition coefficient (Wildman–Crippen LogP) is 1.60. The van der Waals surface area contributed by atoms with Crippen molar-refractivity contribution in [3.63, 3.8) is 0 Å². The van der Waals surface area contributed by atoms with E-state index in [4.69, 9.17) is 27.5 Å². The number of nitrogens with one attached hydrogen (secondary N) is 4. The van der Waals surface area contributed by atoms with E-state index < -0.39 is 42.2 Å². The summed E-state index contributed by atoms with van der Waals surface area (Å²) in [6, 6.07) is 11.9. The van der Waals surface area contributed by atoms with Gasteiger partial charge in [-0.2, -0.15) is 0 Å².